The third kappa shape index (κ3) is 1.62. The maximum Gasteiger partial charge on any atom is 0.101 e. The molecule has 0 radical (unpaired) electrons. The summed E-state index contributed by atoms with van der Waals surface area (Å²) >= 11 is 6.19. The van der Waals surface area contributed by atoms with E-state index in [1.165, 1.54) is 0 Å². The Morgan fingerprint density at radius 1 is 1.27 bits per heavy atom. The monoisotopic (exact) mass is 216 g/mol. The summed E-state index contributed by atoms with van der Waals surface area (Å²) in [4.78, 5) is 2.91. The maximum atomic E-state index is 8.92. The molecule has 0 bridgehead atoms. The Bertz CT molecular complexity index is 535. The van der Waals surface area contributed by atoms with Crippen molar-refractivity contribution in [1.29, 1.82) is 5.26 Å². The van der Waals surface area contributed by atoms with Gasteiger partial charge in [-0.25, -0.2) is 0 Å². The lowest BCUT2D eigenvalue weighted by Crippen LogP contribution is -1.83. The van der Waals surface area contributed by atoms with Crippen molar-refractivity contribution in [1.82, 2.24) is 4.98 Å². The summed E-state index contributed by atoms with van der Waals surface area (Å²) in [5, 5.41) is 9.62. The molecule has 0 aliphatic rings. The number of nitrogens with zero attached hydrogens (tertiary/aromatic N) is 1. The first-order chi connectivity index (χ1) is 7.24. The summed E-state index contributed by atoms with van der Waals surface area (Å²) < 4.78 is 0. The highest BCUT2D eigenvalue weighted by Crippen LogP contribution is 2.32. The Hall–Kier alpha value is -1.72. The number of benzene rings is 1. The lowest BCUT2D eigenvalue weighted by atomic mass is 10.0. The molecule has 15 heavy (non-hydrogen) atoms. The highest BCUT2D eigenvalue weighted by atomic mass is 35.5. The second-order valence-corrected chi connectivity index (χ2v) is 3.71. The SMILES string of the molecule is Cc1cccc(-c2c[nH]cc2C#N)c1Cl. The largest absolute Gasteiger partial charge is 0.366 e. The number of H-pyrrole nitrogens is 1. The molecule has 3 heteroatoms. The van der Waals surface area contributed by atoms with Gasteiger partial charge >= 0.3 is 0 Å². The van der Waals surface area contributed by atoms with Gasteiger partial charge in [0.05, 0.1) is 10.6 Å². The fourth-order valence-electron chi connectivity index (χ4n) is 1.53. The average Bonchev–Trinajstić information content (AvgIpc) is 2.70. The molecule has 2 nitrogen and oxygen atoms in total. The molecule has 0 atom stereocenters. The third-order valence-electron chi connectivity index (χ3n) is 2.35. The van der Waals surface area contributed by atoms with Crippen LogP contribution in [0.2, 0.25) is 5.02 Å². The van der Waals surface area contributed by atoms with Crippen LogP contribution < -0.4 is 0 Å². The normalized spacial score (nSPS) is 9.93. The molecule has 1 aromatic heterocycles. The summed E-state index contributed by atoms with van der Waals surface area (Å²) in [5.41, 5.74) is 3.38. The minimum Gasteiger partial charge on any atom is -0.366 e. The van der Waals surface area contributed by atoms with Gasteiger partial charge < -0.3 is 4.98 Å². The lowest BCUT2D eigenvalue weighted by Gasteiger charge is -2.04. The van der Waals surface area contributed by atoms with Gasteiger partial charge in [-0.3, -0.25) is 0 Å². The fraction of sp³-hybridized carbons (Fsp3) is 0.0833. The summed E-state index contributed by atoms with van der Waals surface area (Å²) in [7, 11) is 0. The molecular formula is C12H9ClN2. The van der Waals surface area contributed by atoms with E-state index in [-0.39, 0.29) is 0 Å². The van der Waals surface area contributed by atoms with Gasteiger partial charge in [0.2, 0.25) is 0 Å². The maximum absolute atomic E-state index is 8.92. The van der Waals surface area contributed by atoms with Crippen molar-refractivity contribution in [2.75, 3.05) is 0 Å². The van der Waals surface area contributed by atoms with E-state index in [9.17, 15) is 0 Å². The van der Waals surface area contributed by atoms with E-state index >= 15 is 0 Å². The van der Waals surface area contributed by atoms with Crippen LogP contribution in [0, 0.1) is 18.3 Å². The summed E-state index contributed by atoms with van der Waals surface area (Å²) in [5.74, 6) is 0. The standard InChI is InChI=1S/C12H9ClN2/c1-8-3-2-4-10(12(8)13)11-7-15-6-9(11)5-14/h2-4,6-7,15H,1H3. The summed E-state index contributed by atoms with van der Waals surface area (Å²) in [6.45, 7) is 1.95. The minimum absolute atomic E-state index is 0.613. The Morgan fingerprint density at radius 2 is 2.07 bits per heavy atom. The molecule has 0 aliphatic heterocycles. The van der Waals surface area contributed by atoms with Crippen LogP contribution in [0.4, 0.5) is 0 Å². The molecule has 0 fully saturated rings. The Labute approximate surface area is 93.1 Å². The van der Waals surface area contributed by atoms with E-state index in [2.05, 4.69) is 11.1 Å². The second-order valence-electron chi connectivity index (χ2n) is 3.33. The molecule has 1 aromatic carbocycles. The van der Waals surface area contributed by atoms with Gasteiger partial charge in [-0.15, -0.1) is 0 Å². The molecule has 2 rings (SSSR count). The number of nitriles is 1. The van der Waals surface area contributed by atoms with Crippen molar-refractivity contribution in [2.45, 2.75) is 6.92 Å². The number of nitrogens with one attached hydrogen (secondary N) is 1. The van der Waals surface area contributed by atoms with Crippen LogP contribution in [0.3, 0.4) is 0 Å². The highest BCUT2D eigenvalue weighted by molar-refractivity contribution is 6.34. The van der Waals surface area contributed by atoms with Gasteiger partial charge in [0.25, 0.3) is 0 Å². The van der Waals surface area contributed by atoms with Gasteiger partial charge in [-0.05, 0) is 12.5 Å². The molecule has 0 saturated carbocycles. The van der Waals surface area contributed by atoms with Crippen LogP contribution in [0.25, 0.3) is 11.1 Å². The first-order valence-electron chi connectivity index (χ1n) is 4.56. The first-order valence-corrected chi connectivity index (χ1v) is 4.94. The fourth-order valence-corrected chi connectivity index (χ4v) is 1.76. The number of hydrogen-bond donors (Lipinski definition) is 1. The van der Waals surface area contributed by atoms with Crippen LogP contribution in [-0.4, -0.2) is 4.98 Å². The van der Waals surface area contributed by atoms with Gasteiger partial charge in [-0.2, -0.15) is 5.26 Å². The summed E-state index contributed by atoms with van der Waals surface area (Å²) in [6.07, 6.45) is 3.47. The van der Waals surface area contributed by atoms with E-state index in [4.69, 9.17) is 16.9 Å². The lowest BCUT2D eigenvalue weighted by molar-refractivity contribution is 1.40. The zero-order valence-corrected chi connectivity index (χ0v) is 8.97. The predicted molar refractivity (Wildman–Crippen MR) is 60.7 cm³/mol. The van der Waals surface area contributed by atoms with Gasteiger partial charge in [-0.1, -0.05) is 29.8 Å². The van der Waals surface area contributed by atoms with Crippen molar-refractivity contribution in [2.24, 2.45) is 0 Å². The Balaban J connectivity index is 2.65. The molecule has 0 spiro atoms. The van der Waals surface area contributed by atoms with E-state index in [0.29, 0.717) is 10.6 Å². The molecule has 2 aromatic rings. The van der Waals surface area contributed by atoms with Crippen LogP contribution in [0.15, 0.2) is 30.6 Å². The van der Waals surface area contributed by atoms with Crippen molar-refractivity contribution < 1.29 is 0 Å². The minimum atomic E-state index is 0.613. The van der Waals surface area contributed by atoms with E-state index in [1.54, 1.807) is 12.4 Å². The topological polar surface area (TPSA) is 39.6 Å². The van der Waals surface area contributed by atoms with Gasteiger partial charge in [0.1, 0.15) is 6.07 Å². The number of aromatic amines is 1. The Kier molecular flexibility index (Phi) is 2.49. The van der Waals surface area contributed by atoms with Crippen molar-refractivity contribution in [3.63, 3.8) is 0 Å². The third-order valence-corrected chi connectivity index (χ3v) is 2.85. The Morgan fingerprint density at radius 3 is 2.80 bits per heavy atom. The molecule has 1 heterocycles. The molecule has 0 aliphatic carbocycles. The number of halogens is 1. The smallest absolute Gasteiger partial charge is 0.101 e. The predicted octanol–water partition coefficient (Wildman–Crippen LogP) is 3.52. The number of hydrogen-bond acceptors (Lipinski definition) is 1. The van der Waals surface area contributed by atoms with Crippen molar-refractivity contribution in [3.05, 3.63) is 46.7 Å². The van der Waals surface area contributed by atoms with Crippen LogP contribution in [0.1, 0.15) is 11.1 Å². The van der Waals surface area contributed by atoms with Gasteiger partial charge in [0, 0.05) is 23.5 Å². The quantitative estimate of drug-likeness (QED) is 0.779. The highest BCUT2D eigenvalue weighted by Gasteiger charge is 2.10. The number of rotatable bonds is 1. The van der Waals surface area contributed by atoms with Gasteiger partial charge in [0.15, 0.2) is 0 Å². The molecule has 0 saturated heterocycles. The zero-order chi connectivity index (χ0) is 10.8. The van der Waals surface area contributed by atoms with Crippen LogP contribution in [0.5, 0.6) is 0 Å². The molecular weight excluding hydrogens is 208 g/mol. The van der Waals surface area contributed by atoms with E-state index < -0.39 is 0 Å². The first kappa shape index (κ1) is 9.82. The van der Waals surface area contributed by atoms with Crippen molar-refractivity contribution in [3.8, 4) is 17.2 Å². The molecule has 0 unspecified atom stereocenters. The van der Waals surface area contributed by atoms with Crippen molar-refractivity contribution >= 4 is 11.6 Å². The van der Waals surface area contributed by atoms with E-state index in [0.717, 1.165) is 16.7 Å². The van der Waals surface area contributed by atoms with Crippen LogP contribution in [-0.2, 0) is 0 Å². The number of aryl methyl sites for hydroxylation is 1. The zero-order valence-electron chi connectivity index (χ0n) is 8.21. The second kappa shape index (κ2) is 3.80. The van der Waals surface area contributed by atoms with Crippen LogP contribution >= 0.6 is 11.6 Å². The van der Waals surface area contributed by atoms with E-state index in [1.807, 2.05) is 25.1 Å². The average molecular weight is 217 g/mol. The number of aromatic nitrogens is 1. The molecule has 0 amide bonds. The molecule has 1 N–H and O–H groups in total. The molecule has 74 valence electrons. The summed E-state index contributed by atoms with van der Waals surface area (Å²) in [6, 6.07) is 7.93.